The van der Waals surface area contributed by atoms with Gasteiger partial charge in [-0.3, -0.25) is 0 Å². The van der Waals surface area contributed by atoms with Crippen LogP contribution in [0.15, 0.2) is 0 Å². The molecule has 0 bridgehead atoms. The van der Waals surface area contributed by atoms with E-state index in [1.54, 1.807) is 4.90 Å². The number of unbranched alkanes of at least 4 members (excludes halogenated alkanes) is 6. The SMILES string of the molecule is CN1CCN(CCCCCCCCCS)C1=O. The first kappa shape index (κ1) is 14.7. The molecule has 0 saturated carbocycles. The Morgan fingerprint density at radius 3 is 2.12 bits per heavy atom. The molecule has 1 rings (SSSR count). The fourth-order valence-corrected chi connectivity index (χ4v) is 2.43. The highest BCUT2D eigenvalue weighted by atomic mass is 32.1. The van der Waals surface area contributed by atoms with Crippen molar-refractivity contribution in [1.82, 2.24) is 9.80 Å². The summed E-state index contributed by atoms with van der Waals surface area (Å²) in [7, 11) is 1.88. The van der Waals surface area contributed by atoms with Crippen molar-refractivity contribution < 1.29 is 4.79 Å². The number of hydrogen-bond acceptors (Lipinski definition) is 2. The Hall–Kier alpha value is -0.380. The molecule has 2 amide bonds. The molecule has 0 aromatic heterocycles. The van der Waals surface area contributed by atoms with E-state index in [1.807, 2.05) is 11.9 Å². The molecular weight excluding hydrogens is 232 g/mol. The van der Waals surface area contributed by atoms with Crippen molar-refractivity contribution in [3.63, 3.8) is 0 Å². The van der Waals surface area contributed by atoms with Crippen molar-refractivity contribution >= 4 is 18.7 Å². The van der Waals surface area contributed by atoms with E-state index in [4.69, 9.17) is 0 Å². The summed E-state index contributed by atoms with van der Waals surface area (Å²) in [6.07, 6.45) is 8.97. The highest BCUT2D eigenvalue weighted by molar-refractivity contribution is 7.80. The van der Waals surface area contributed by atoms with Gasteiger partial charge >= 0.3 is 6.03 Å². The molecule has 1 heterocycles. The van der Waals surface area contributed by atoms with Gasteiger partial charge in [0.15, 0.2) is 0 Å². The smallest absolute Gasteiger partial charge is 0.319 e. The van der Waals surface area contributed by atoms with Crippen LogP contribution in [0.25, 0.3) is 0 Å². The lowest BCUT2D eigenvalue weighted by molar-refractivity contribution is 0.198. The normalized spacial score (nSPS) is 16.0. The van der Waals surface area contributed by atoms with E-state index < -0.39 is 0 Å². The summed E-state index contributed by atoms with van der Waals surface area (Å²) in [6.45, 7) is 2.75. The standard InChI is InChI=1S/C13H26N2OS/c1-14-10-11-15(13(14)16)9-7-5-3-2-4-6-8-12-17/h17H,2-12H2,1H3. The summed E-state index contributed by atoms with van der Waals surface area (Å²) in [5.41, 5.74) is 0. The maximum Gasteiger partial charge on any atom is 0.319 e. The quantitative estimate of drug-likeness (QED) is 0.499. The fourth-order valence-electron chi connectivity index (χ4n) is 2.21. The Balaban J connectivity index is 1.89. The molecule has 1 aliphatic rings. The number of rotatable bonds is 9. The second-order valence-electron chi connectivity index (χ2n) is 4.89. The summed E-state index contributed by atoms with van der Waals surface area (Å²) in [4.78, 5) is 15.4. The molecule has 0 N–H and O–H groups in total. The number of carbonyl (C=O) groups is 1. The van der Waals surface area contributed by atoms with Crippen LogP contribution < -0.4 is 0 Å². The van der Waals surface area contributed by atoms with Crippen LogP contribution >= 0.6 is 12.6 Å². The fraction of sp³-hybridized carbons (Fsp3) is 0.923. The van der Waals surface area contributed by atoms with Gasteiger partial charge in [-0.1, -0.05) is 32.1 Å². The van der Waals surface area contributed by atoms with Crippen LogP contribution in [0.5, 0.6) is 0 Å². The highest BCUT2D eigenvalue weighted by Crippen LogP contribution is 2.11. The molecule has 1 aliphatic heterocycles. The number of carbonyl (C=O) groups excluding carboxylic acids is 1. The number of amides is 2. The Morgan fingerprint density at radius 2 is 1.59 bits per heavy atom. The predicted molar refractivity (Wildman–Crippen MR) is 75.8 cm³/mol. The van der Waals surface area contributed by atoms with Crippen LogP contribution in [0.2, 0.25) is 0 Å². The monoisotopic (exact) mass is 258 g/mol. The zero-order valence-electron chi connectivity index (χ0n) is 11.0. The first-order valence-corrected chi connectivity index (χ1v) is 7.50. The van der Waals surface area contributed by atoms with Crippen molar-refractivity contribution in [2.75, 3.05) is 32.4 Å². The summed E-state index contributed by atoms with van der Waals surface area (Å²) in [6, 6.07) is 0.207. The van der Waals surface area contributed by atoms with Crippen LogP contribution in [0.3, 0.4) is 0 Å². The molecule has 0 aromatic rings. The van der Waals surface area contributed by atoms with E-state index in [0.29, 0.717) is 0 Å². The minimum atomic E-state index is 0.207. The van der Waals surface area contributed by atoms with E-state index in [-0.39, 0.29) is 6.03 Å². The van der Waals surface area contributed by atoms with Crippen LogP contribution in [0.1, 0.15) is 44.9 Å². The third-order valence-electron chi connectivity index (χ3n) is 3.39. The summed E-state index contributed by atoms with van der Waals surface area (Å²) in [5, 5.41) is 0. The molecule has 0 aliphatic carbocycles. The zero-order chi connectivity index (χ0) is 12.5. The van der Waals surface area contributed by atoms with Gasteiger partial charge < -0.3 is 9.80 Å². The maximum atomic E-state index is 11.6. The molecule has 1 fully saturated rings. The van der Waals surface area contributed by atoms with E-state index >= 15 is 0 Å². The minimum absolute atomic E-state index is 0.207. The minimum Gasteiger partial charge on any atom is -0.326 e. The van der Waals surface area contributed by atoms with Crippen molar-refractivity contribution in [3.05, 3.63) is 0 Å². The van der Waals surface area contributed by atoms with Crippen LogP contribution in [-0.2, 0) is 0 Å². The number of urea groups is 1. The lowest BCUT2D eigenvalue weighted by Gasteiger charge is -2.15. The van der Waals surface area contributed by atoms with Gasteiger partial charge in [0, 0.05) is 26.7 Å². The molecule has 0 atom stereocenters. The summed E-state index contributed by atoms with van der Waals surface area (Å²) in [5.74, 6) is 1.02. The number of nitrogens with zero attached hydrogens (tertiary/aromatic N) is 2. The van der Waals surface area contributed by atoms with Crippen LogP contribution in [0, 0.1) is 0 Å². The lowest BCUT2D eigenvalue weighted by Crippen LogP contribution is -2.30. The van der Waals surface area contributed by atoms with Crippen molar-refractivity contribution in [1.29, 1.82) is 0 Å². The van der Waals surface area contributed by atoms with Gasteiger partial charge in [0.05, 0.1) is 0 Å². The largest absolute Gasteiger partial charge is 0.326 e. The third kappa shape index (κ3) is 5.66. The average molecular weight is 258 g/mol. The number of thiol groups is 1. The molecular formula is C13H26N2OS. The summed E-state index contributed by atoms with van der Waals surface area (Å²) >= 11 is 4.20. The van der Waals surface area contributed by atoms with Gasteiger partial charge in [-0.2, -0.15) is 12.6 Å². The molecule has 0 aromatic carbocycles. The van der Waals surface area contributed by atoms with Gasteiger partial charge in [0.2, 0.25) is 0 Å². The Kier molecular flexibility index (Phi) is 7.49. The Morgan fingerprint density at radius 1 is 1.00 bits per heavy atom. The molecule has 0 radical (unpaired) electrons. The van der Waals surface area contributed by atoms with Crippen molar-refractivity contribution in [2.45, 2.75) is 44.9 Å². The zero-order valence-corrected chi connectivity index (χ0v) is 11.9. The van der Waals surface area contributed by atoms with Gasteiger partial charge in [0.1, 0.15) is 0 Å². The molecule has 17 heavy (non-hydrogen) atoms. The van der Waals surface area contributed by atoms with E-state index in [2.05, 4.69) is 12.6 Å². The second-order valence-corrected chi connectivity index (χ2v) is 5.34. The van der Waals surface area contributed by atoms with E-state index in [9.17, 15) is 4.79 Å². The average Bonchev–Trinajstić information content (AvgIpc) is 2.64. The number of likely N-dealkylation sites (N-methyl/N-ethyl adjacent to an activating group) is 1. The predicted octanol–water partition coefficient (Wildman–Crippen LogP) is 3.01. The van der Waals surface area contributed by atoms with Gasteiger partial charge in [-0.15, -0.1) is 0 Å². The first-order chi connectivity index (χ1) is 8.25. The maximum absolute atomic E-state index is 11.6. The molecule has 0 spiro atoms. The highest BCUT2D eigenvalue weighted by Gasteiger charge is 2.23. The van der Waals surface area contributed by atoms with Crippen molar-refractivity contribution in [3.8, 4) is 0 Å². The molecule has 4 heteroatoms. The van der Waals surface area contributed by atoms with Crippen LogP contribution in [0.4, 0.5) is 4.79 Å². The van der Waals surface area contributed by atoms with E-state index in [0.717, 1.165) is 31.8 Å². The lowest BCUT2D eigenvalue weighted by atomic mass is 10.1. The van der Waals surface area contributed by atoms with Gasteiger partial charge in [-0.05, 0) is 18.6 Å². The summed E-state index contributed by atoms with van der Waals surface area (Å²) < 4.78 is 0. The molecule has 0 unspecified atom stereocenters. The molecule has 1 saturated heterocycles. The molecule has 100 valence electrons. The van der Waals surface area contributed by atoms with Gasteiger partial charge in [0.25, 0.3) is 0 Å². The van der Waals surface area contributed by atoms with Gasteiger partial charge in [-0.25, -0.2) is 4.79 Å². The Bertz CT molecular complexity index is 223. The van der Waals surface area contributed by atoms with E-state index in [1.165, 1.54) is 38.5 Å². The first-order valence-electron chi connectivity index (χ1n) is 6.86. The van der Waals surface area contributed by atoms with Crippen molar-refractivity contribution in [2.24, 2.45) is 0 Å². The topological polar surface area (TPSA) is 23.6 Å². The Labute approximate surface area is 111 Å². The third-order valence-corrected chi connectivity index (χ3v) is 3.70. The second kappa shape index (κ2) is 8.67. The number of hydrogen-bond donors (Lipinski definition) is 1. The molecule has 3 nitrogen and oxygen atoms in total. The van der Waals surface area contributed by atoms with Crippen LogP contribution in [-0.4, -0.2) is 48.3 Å².